The third-order valence-corrected chi connectivity index (χ3v) is 5.62. The van der Waals surface area contributed by atoms with E-state index in [1.165, 1.54) is 11.3 Å². The maximum atomic E-state index is 12.2. The molecule has 1 aromatic heterocycles. The fourth-order valence-electron chi connectivity index (χ4n) is 3.11. The Balaban J connectivity index is 1.57. The molecule has 8 heteroatoms. The maximum Gasteiger partial charge on any atom is 0.315 e. The van der Waals surface area contributed by atoms with Crippen molar-refractivity contribution in [3.05, 3.63) is 10.6 Å². The van der Waals surface area contributed by atoms with Crippen molar-refractivity contribution >= 4 is 28.3 Å². The average Bonchev–Trinajstić information content (AvgIpc) is 3.28. The van der Waals surface area contributed by atoms with Crippen LogP contribution in [0.2, 0.25) is 0 Å². The molecule has 3 rings (SSSR count). The van der Waals surface area contributed by atoms with Crippen LogP contribution in [0.3, 0.4) is 0 Å². The molecular weight excluding hydrogens is 352 g/mol. The molecule has 0 fully saturated rings. The van der Waals surface area contributed by atoms with Gasteiger partial charge in [0.2, 0.25) is 5.91 Å². The SMILES string of the molecule is C#CCCC1(CCC(=O)Nc2nc3c(s2)CCCC3C(=O)OCC)N=N1. The van der Waals surface area contributed by atoms with E-state index in [-0.39, 0.29) is 17.8 Å². The third-order valence-electron chi connectivity index (χ3n) is 4.58. The molecule has 2 aliphatic rings. The van der Waals surface area contributed by atoms with E-state index >= 15 is 0 Å². The molecule has 1 aromatic rings. The number of aryl methyl sites for hydroxylation is 1. The number of nitrogens with zero attached hydrogens (tertiary/aromatic N) is 3. The summed E-state index contributed by atoms with van der Waals surface area (Å²) >= 11 is 1.44. The highest BCUT2D eigenvalue weighted by Crippen LogP contribution is 2.39. The highest BCUT2D eigenvalue weighted by Gasteiger charge is 2.39. The fraction of sp³-hybridized carbons (Fsp3) is 0.611. The molecule has 1 N–H and O–H groups in total. The van der Waals surface area contributed by atoms with E-state index in [0.717, 1.165) is 29.8 Å². The van der Waals surface area contributed by atoms with Gasteiger partial charge < -0.3 is 10.1 Å². The van der Waals surface area contributed by atoms with Crippen LogP contribution in [0.25, 0.3) is 0 Å². The van der Waals surface area contributed by atoms with Gasteiger partial charge in [-0.15, -0.1) is 23.7 Å². The summed E-state index contributed by atoms with van der Waals surface area (Å²) in [6.45, 7) is 2.15. The normalized spacial score (nSPS) is 19.3. The van der Waals surface area contributed by atoms with Crippen molar-refractivity contribution in [1.82, 2.24) is 4.98 Å². The van der Waals surface area contributed by atoms with Crippen LogP contribution in [-0.4, -0.2) is 29.1 Å². The number of anilines is 1. The highest BCUT2D eigenvalue weighted by atomic mass is 32.1. The average molecular weight is 374 g/mol. The number of amides is 1. The van der Waals surface area contributed by atoms with Crippen LogP contribution in [0, 0.1) is 12.3 Å². The van der Waals surface area contributed by atoms with Crippen molar-refractivity contribution < 1.29 is 14.3 Å². The topological polar surface area (TPSA) is 93.0 Å². The van der Waals surface area contributed by atoms with E-state index in [0.29, 0.717) is 37.4 Å². The van der Waals surface area contributed by atoms with Crippen LogP contribution < -0.4 is 5.32 Å². The summed E-state index contributed by atoms with van der Waals surface area (Å²) in [6.07, 6.45) is 9.96. The quantitative estimate of drug-likeness (QED) is 0.557. The summed E-state index contributed by atoms with van der Waals surface area (Å²) in [5.41, 5.74) is 0.300. The third kappa shape index (κ3) is 4.28. The molecule has 0 saturated heterocycles. The Bertz CT molecular complexity index is 759. The Hall–Kier alpha value is -2.27. The Kier molecular flexibility index (Phi) is 5.67. The van der Waals surface area contributed by atoms with Gasteiger partial charge in [-0.1, -0.05) is 0 Å². The number of hydrogen-bond acceptors (Lipinski definition) is 7. The van der Waals surface area contributed by atoms with Crippen molar-refractivity contribution in [2.75, 3.05) is 11.9 Å². The zero-order chi connectivity index (χ0) is 18.6. The van der Waals surface area contributed by atoms with Crippen LogP contribution in [0.4, 0.5) is 5.13 Å². The standard InChI is InChI=1S/C18H22N4O3S/c1-3-5-10-18(21-22-18)11-9-14(23)19-17-20-15-12(16(24)25-4-2)7-6-8-13(15)26-17/h1,12H,4-11H2,2H3,(H,19,20,23). The number of fused-ring (bicyclic) bond motifs is 1. The monoisotopic (exact) mass is 374 g/mol. The summed E-state index contributed by atoms with van der Waals surface area (Å²) in [5.74, 6) is 1.90. The van der Waals surface area contributed by atoms with Gasteiger partial charge in [-0.25, -0.2) is 4.98 Å². The number of rotatable bonds is 8. The molecule has 2 heterocycles. The second-order valence-electron chi connectivity index (χ2n) is 6.46. The zero-order valence-electron chi connectivity index (χ0n) is 14.8. The smallest absolute Gasteiger partial charge is 0.315 e. The molecule has 26 heavy (non-hydrogen) atoms. The van der Waals surface area contributed by atoms with Crippen LogP contribution in [0.5, 0.6) is 0 Å². The lowest BCUT2D eigenvalue weighted by Crippen LogP contribution is -2.20. The molecule has 1 aliphatic carbocycles. The number of terminal acetylenes is 1. The number of carbonyl (C=O) groups is 2. The fourth-order valence-corrected chi connectivity index (χ4v) is 4.19. The second-order valence-corrected chi connectivity index (χ2v) is 7.54. The Morgan fingerprint density at radius 1 is 1.42 bits per heavy atom. The van der Waals surface area contributed by atoms with Gasteiger partial charge >= 0.3 is 5.97 Å². The molecule has 0 spiro atoms. The molecule has 1 atom stereocenters. The molecule has 138 valence electrons. The van der Waals surface area contributed by atoms with E-state index < -0.39 is 5.66 Å². The van der Waals surface area contributed by atoms with Crippen LogP contribution in [0.1, 0.15) is 61.9 Å². The summed E-state index contributed by atoms with van der Waals surface area (Å²) in [6, 6.07) is 0. The van der Waals surface area contributed by atoms with Gasteiger partial charge in [0.15, 0.2) is 10.8 Å². The number of thiazole rings is 1. The molecule has 1 aliphatic heterocycles. The molecule has 1 unspecified atom stereocenters. The van der Waals surface area contributed by atoms with Crippen molar-refractivity contribution in [3.8, 4) is 12.3 Å². The van der Waals surface area contributed by atoms with E-state index in [2.05, 4.69) is 26.4 Å². The number of esters is 1. The van der Waals surface area contributed by atoms with Crippen molar-refractivity contribution in [2.24, 2.45) is 10.2 Å². The highest BCUT2D eigenvalue weighted by molar-refractivity contribution is 7.15. The van der Waals surface area contributed by atoms with Crippen molar-refractivity contribution in [2.45, 2.75) is 63.5 Å². The molecule has 0 radical (unpaired) electrons. The predicted octanol–water partition coefficient (Wildman–Crippen LogP) is 3.42. The molecule has 0 bridgehead atoms. The maximum absolute atomic E-state index is 12.2. The van der Waals surface area contributed by atoms with Crippen LogP contribution >= 0.6 is 11.3 Å². The predicted molar refractivity (Wildman–Crippen MR) is 97.9 cm³/mol. The Labute approximate surface area is 156 Å². The summed E-state index contributed by atoms with van der Waals surface area (Å²) in [4.78, 5) is 29.9. The molecule has 1 amide bonds. The van der Waals surface area contributed by atoms with E-state index in [4.69, 9.17) is 11.2 Å². The number of ether oxygens (including phenoxy) is 1. The number of carbonyl (C=O) groups excluding carboxylic acids is 2. The second kappa shape index (κ2) is 7.96. The first kappa shape index (κ1) is 18.5. The van der Waals surface area contributed by atoms with Gasteiger partial charge in [-0.2, -0.15) is 10.2 Å². The minimum atomic E-state index is -0.458. The van der Waals surface area contributed by atoms with Gasteiger partial charge in [0.1, 0.15) is 5.92 Å². The van der Waals surface area contributed by atoms with Crippen molar-refractivity contribution in [1.29, 1.82) is 0 Å². The first-order valence-corrected chi connectivity index (χ1v) is 9.72. The van der Waals surface area contributed by atoms with Crippen LogP contribution in [-0.2, 0) is 20.7 Å². The number of nitrogens with one attached hydrogen (secondary N) is 1. The number of aromatic nitrogens is 1. The molecule has 7 nitrogen and oxygen atoms in total. The summed E-state index contributed by atoms with van der Waals surface area (Å²) < 4.78 is 5.15. The number of hydrogen-bond donors (Lipinski definition) is 1. The summed E-state index contributed by atoms with van der Waals surface area (Å²) in [7, 11) is 0. The Morgan fingerprint density at radius 2 is 2.23 bits per heavy atom. The molecular formula is C18H22N4O3S. The van der Waals surface area contributed by atoms with Gasteiger partial charge in [0.25, 0.3) is 0 Å². The largest absolute Gasteiger partial charge is 0.465 e. The van der Waals surface area contributed by atoms with Crippen molar-refractivity contribution in [3.63, 3.8) is 0 Å². The first-order valence-electron chi connectivity index (χ1n) is 8.90. The lowest BCUT2D eigenvalue weighted by Gasteiger charge is -2.19. The first-order chi connectivity index (χ1) is 12.6. The van der Waals surface area contributed by atoms with Gasteiger partial charge in [0.05, 0.1) is 12.3 Å². The zero-order valence-corrected chi connectivity index (χ0v) is 15.6. The Morgan fingerprint density at radius 3 is 2.92 bits per heavy atom. The summed E-state index contributed by atoms with van der Waals surface area (Å²) in [5, 5.41) is 11.5. The van der Waals surface area contributed by atoms with E-state index in [1.807, 2.05) is 0 Å². The van der Waals surface area contributed by atoms with Gasteiger partial charge in [-0.3, -0.25) is 9.59 Å². The molecule has 0 aromatic carbocycles. The lowest BCUT2D eigenvalue weighted by atomic mass is 9.91. The van der Waals surface area contributed by atoms with E-state index in [1.54, 1.807) is 6.92 Å². The van der Waals surface area contributed by atoms with Gasteiger partial charge in [-0.05, 0) is 26.2 Å². The van der Waals surface area contributed by atoms with E-state index in [9.17, 15) is 9.59 Å². The minimum absolute atomic E-state index is 0.124. The van der Waals surface area contributed by atoms with Gasteiger partial charge in [0, 0.05) is 30.6 Å². The van der Waals surface area contributed by atoms with Crippen LogP contribution in [0.15, 0.2) is 10.2 Å². The lowest BCUT2D eigenvalue weighted by molar-refractivity contribution is -0.145. The minimum Gasteiger partial charge on any atom is -0.465 e. The molecule has 0 saturated carbocycles.